The maximum absolute atomic E-state index is 13.2. The van der Waals surface area contributed by atoms with Crippen molar-refractivity contribution >= 4 is 5.91 Å². The van der Waals surface area contributed by atoms with Crippen molar-refractivity contribution in [1.82, 2.24) is 9.80 Å². The molecule has 2 aliphatic rings. The average Bonchev–Trinajstić information content (AvgIpc) is 2.85. The van der Waals surface area contributed by atoms with E-state index < -0.39 is 22.9 Å². The molecule has 0 radical (unpaired) electrons. The second-order valence-corrected chi connectivity index (χ2v) is 8.91. The molecule has 7 heteroatoms. The summed E-state index contributed by atoms with van der Waals surface area (Å²) in [5, 5.41) is 10.0. The fourth-order valence-electron chi connectivity index (χ4n) is 4.33. The van der Waals surface area contributed by atoms with E-state index in [-0.39, 0.29) is 25.1 Å². The number of halogens is 3. The van der Waals surface area contributed by atoms with E-state index >= 15 is 0 Å². The molecular formula is C20H27F3N2O2. The van der Waals surface area contributed by atoms with Crippen molar-refractivity contribution in [2.75, 3.05) is 32.8 Å². The Balaban J connectivity index is 1.72. The fraction of sp³-hybridized carbons (Fsp3) is 0.650. The van der Waals surface area contributed by atoms with Gasteiger partial charge in [0, 0.05) is 43.6 Å². The van der Waals surface area contributed by atoms with Crippen molar-refractivity contribution < 1.29 is 23.1 Å². The van der Waals surface area contributed by atoms with Gasteiger partial charge in [0.2, 0.25) is 5.91 Å². The minimum Gasteiger partial charge on any atom is -0.396 e. The highest BCUT2D eigenvalue weighted by Crippen LogP contribution is 2.53. The van der Waals surface area contributed by atoms with Gasteiger partial charge in [-0.25, -0.2) is 0 Å². The van der Waals surface area contributed by atoms with E-state index in [1.807, 2.05) is 37.3 Å². The number of benzene rings is 1. The molecule has 1 N–H and O–H groups in total. The molecule has 0 saturated carbocycles. The first kappa shape index (κ1) is 20.1. The predicted molar refractivity (Wildman–Crippen MR) is 95.8 cm³/mol. The van der Waals surface area contributed by atoms with Gasteiger partial charge in [-0.05, 0) is 19.4 Å². The van der Waals surface area contributed by atoms with Gasteiger partial charge in [-0.1, -0.05) is 37.3 Å². The molecule has 0 bridgehead atoms. The third-order valence-electron chi connectivity index (χ3n) is 6.49. The van der Waals surface area contributed by atoms with Crippen molar-refractivity contribution in [3.05, 3.63) is 35.9 Å². The van der Waals surface area contributed by atoms with Gasteiger partial charge < -0.3 is 10.0 Å². The van der Waals surface area contributed by atoms with Crippen LogP contribution in [-0.4, -0.2) is 59.8 Å². The first-order valence-electron chi connectivity index (χ1n) is 9.17. The number of likely N-dealkylation sites (tertiary alicyclic amines) is 2. The molecule has 2 fully saturated rings. The standard InChI is InChI=1S/C20H27F3N2O2/c1-17(2,20(21,22)23)16(27)25-12-19(13-25)11-24(10-18(19,3)14-26)9-15-7-5-4-6-8-15/h4-8,26H,9-14H2,1-3H3/t18-/m0/s1. The maximum Gasteiger partial charge on any atom is 0.402 e. The van der Waals surface area contributed by atoms with Gasteiger partial charge in [-0.3, -0.25) is 9.69 Å². The first-order valence-corrected chi connectivity index (χ1v) is 9.17. The minimum absolute atomic E-state index is 0.0526. The third-order valence-corrected chi connectivity index (χ3v) is 6.49. The molecule has 0 aromatic heterocycles. The molecule has 150 valence electrons. The normalized spacial score (nSPS) is 25.7. The lowest BCUT2D eigenvalue weighted by atomic mass is 9.62. The highest BCUT2D eigenvalue weighted by atomic mass is 19.4. The van der Waals surface area contributed by atoms with E-state index in [1.54, 1.807) is 0 Å². The molecule has 1 amide bonds. The molecule has 0 aliphatic carbocycles. The molecule has 2 heterocycles. The summed E-state index contributed by atoms with van der Waals surface area (Å²) in [6, 6.07) is 9.95. The lowest BCUT2D eigenvalue weighted by Crippen LogP contribution is -2.68. The Morgan fingerprint density at radius 3 is 2.22 bits per heavy atom. The van der Waals surface area contributed by atoms with Crippen LogP contribution in [0.4, 0.5) is 13.2 Å². The van der Waals surface area contributed by atoms with Crippen LogP contribution in [0.1, 0.15) is 26.3 Å². The van der Waals surface area contributed by atoms with Crippen molar-refractivity contribution in [3.63, 3.8) is 0 Å². The highest BCUT2D eigenvalue weighted by molar-refractivity contribution is 5.83. The quantitative estimate of drug-likeness (QED) is 0.868. The SMILES string of the molecule is CC(C)(C(=O)N1CC2(CN(Cc3ccccc3)C[C@@]2(C)CO)C1)C(F)(F)F. The molecule has 1 aromatic carbocycles. The van der Waals surface area contributed by atoms with E-state index in [2.05, 4.69) is 4.90 Å². The van der Waals surface area contributed by atoms with Gasteiger partial charge in [-0.15, -0.1) is 0 Å². The van der Waals surface area contributed by atoms with Crippen LogP contribution < -0.4 is 0 Å². The molecule has 3 rings (SSSR count). The molecule has 0 unspecified atom stereocenters. The summed E-state index contributed by atoms with van der Waals surface area (Å²) >= 11 is 0. The van der Waals surface area contributed by atoms with Crippen LogP contribution in [0.25, 0.3) is 0 Å². The smallest absolute Gasteiger partial charge is 0.396 e. The van der Waals surface area contributed by atoms with Gasteiger partial charge in [-0.2, -0.15) is 13.2 Å². The Labute approximate surface area is 158 Å². The van der Waals surface area contributed by atoms with Crippen LogP contribution in [0, 0.1) is 16.2 Å². The Hall–Kier alpha value is -1.60. The molecule has 2 aliphatic heterocycles. The largest absolute Gasteiger partial charge is 0.402 e. The zero-order valence-corrected chi connectivity index (χ0v) is 16.0. The van der Waals surface area contributed by atoms with E-state index in [1.165, 1.54) is 4.90 Å². The van der Waals surface area contributed by atoms with Gasteiger partial charge in [0.05, 0.1) is 6.61 Å². The number of nitrogens with zero attached hydrogens (tertiary/aromatic N) is 2. The molecule has 27 heavy (non-hydrogen) atoms. The number of hydrogen-bond donors (Lipinski definition) is 1. The lowest BCUT2D eigenvalue weighted by Gasteiger charge is -2.56. The minimum atomic E-state index is -4.58. The lowest BCUT2D eigenvalue weighted by molar-refractivity contribution is -0.224. The molecule has 1 aromatic rings. The van der Waals surface area contributed by atoms with Crippen LogP contribution >= 0.6 is 0 Å². The Bertz CT molecular complexity index is 699. The van der Waals surface area contributed by atoms with Crippen molar-refractivity contribution in [1.29, 1.82) is 0 Å². The van der Waals surface area contributed by atoms with Crippen LogP contribution in [0.15, 0.2) is 30.3 Å². The summed E-state index contributed by atoms with van der Waals surface area (Å²) in [6.07, 6.45) is -4.58. The van der Waals surface area contributed by atoms with Crippen LogP contribution in [0.2, 0.25) is 0 Å². The van der Waals surface area contributed by atoms with Gasteiger partial charge in [0.1, 0.15) is 5.41 Å². The van der Waals surface area contributed by atoms with Crippen molar-refractivity contribution in [2.24, 2.45) is 16.2 Å². The number of alkyl halides is 3. The summed E-state index contributed by atoms with van der Waals surface area (Å²) in [7, 11) is 0. The summed E-state index contributed by atoms with van der Waals surface area (Å²) in [6.45, 7) is 6.33. The van der Waals surface area contributed by atoms with Crippen LogP contribution in [0.3, 0.4) is 0 Å². The fourth-order valence-corrected chi connectivity index (χ4v) is 4.33. The van der Waals surface area contributed by atoms with E-state index in [0.717, 1.165) is 26.0 Å². The number of aliphatic hydroxyl groups is 1. The number of hydrogen-bond acceptors (Lipinski definition) is 3. The molecule has 4 nitrogen and oxygen atoms in total. The van der Waals surface area contributed by atoms with Crippen molar-refractivity contribution in [2.45, 2.75) is 33.5 Å². The second-order valence-electron chi connectivity index (χ2n) is 8.91. The van der Waals surface area contributed by atoms with Crippen molar-refractivity contribution in [3.8, 4) is 0 Å². The Morgan fingerprint density at radius 1 is 1.11 bits per heavy atom. The number of aliphatic hydroxyl groups excluding tert-OH is 1. The zero-order chi connectivity index (χ0) is 20.1. The Kier molecular flexibility index (Phi) is 4.84. The summed E-state index contributed by atoms with van der Waals surface area (Å²) < 4.78 is 39.6. The van der Waals surface area contributed by atoms with E-state index in [0.29, 0.717) is 13.1 Å². The summed E-state index contributed by atoms with van der Waals surface area (Å²) in [4.78, 5) is 16.0. The van der Waals surface area contributed by atoms with Gasteiger partial charge in [0.25, 0.3) is 0 Å². The second kappa shape index (κ2) is 6.48. The van der Waals surface area contributed by atoms with E-state index in [4.69, 9.17) is 0 Å². The Morgan fingerprint density at radius 2 is 1.70 bits per heavy atom. The third kappa shape index (κ3) is 3.25. The van der Waals surface area contributed by atoms with Crippen LogP contribution in [-0.2, 0) is 11.3 Å². The topological polar surface area (TPSA) is 43.8 Å². The van der Waals surface area contributed by atoms with E-state index in [9.17, 15) is 23.1 Å². The number of carbonyl (C=O) groups is 1. The summed E-state index contributed by atoms with van der Waals surface area (Å²) in [5.74, 6) is -0.887. The van der Waals surface area contributed by atoms with Crippen LogP contribution in [0.5, 0.6) is 0 Å². The highest BCUT2D eigenvalue weighted by Gasteiger charge is 2.64. The first-order chi connectivity index (χ1) is 12.4. The molecule has 2 saturated heterocycles. The predicted octanol–water partition coefficient (Wildman–Crippen LogP) is 2.92. The number of carbonyl (C=O) groups excluding carboxylic acids is 1. The average molecular weight is 384 g/mol. The van der Waals surface area contributed by atoms with Gasteiger partial charge in [0.15, 0.2) is 0 Å². The maximum atomic E-state index is 13.2. The monoisotopic (exact) mass is 384 g/mol. The zero-order valence-electron chi connectivity index (χ0n) is 16.0. The molecular weight excluding hydrogens is 357 g/mol. The number of amides is 1. The molecule has 1 spiro atoms. The number of rotatable bonds is 4. The molecule has 1 atom stereocenters. The van der Waals surface area contributed by atoms with Gasteiger partial charge >= 0.3 is 6.18 Å². The summed E-state index contributed by atoms with van der Waals surface area (Å²) in [5.41, 5.74) is -2.05.